The van der Waals surface area contributed by atoms with E-state index in [-0.39, 0.29) is 11.3 Å². The van der Waals surface area contributed by atoms with Crippen LogP contribution in [0.15, 0.2) is 60.2 Å². The van der Waals surface area contributed by atoms with Crippen molar-refractivity contribution in [3.63, 3.8) is 0 Å². The van der Waals surface area contributed by atoms with E-state index in [4.69, 9.17) is 14.2 Å². The SMILES string of the molecule is CCOc1ccc(C2/C(=C(\O)c3ccc4cc(OC)ccc4c3)C(=O)C(=O)N2CCCN(CC)CC)cc1OC. The lowest BCUT2D eigenvalue weighted by Gasteiger charge is -2.27. The van der Waals surface area contributed by atoms with Gasteiger partial charge >= 0.3 is 0 Å². The summed E-state index contributed by atoms with van der Waals surface area (Å²) in [5.41, 5.74) is 1.18. The van der Waals surface area contributed by atoms with Crippen LogP contribution in [0.4, 0.5) is 0 Å². The van der Waals surface area contributed by atoms with Crippen LogP contribution >= 0.6 is 0 Å². The van der Waals surface area contributed by atoms with Gasteiger partial charge in [-0.05, 0) is 79.6 Å². The second-order valence-electron chi connectivity index (χ2n) is 9.64. The van der Waals surface area contributed by atoms with Crippen molar-refractivity contribution in [2.45, 2.75) is 33.2 Å². The van der Waals surface area contributed by atoms with E-state index in [2.05, 4.69) is 18.7 Å². The van der Waals surface area contributed by atoms with Crippen LogP contribution in [0.2, 0.25) is 0 Å². The highest BCUT2D eigenvalue weighted by Gasteiger charge is 2.46. The van der Waals surface area contributed by atoms with Crippen LogP contribution in [0.25, 0.3) is 16.5 Å². The first kappa shape index (κ1) is 29.0. The summed E-state index contributed by atoms with van der Waals surface area (Å²) in [6.45, 7) is 9.53. The minimum atomic E-state index is -0.771. The molecule has 1 aliphatic heterocycles. The van der Waals surface area contributed by atoms with E-state index >= 15 is 0 Å². The highest BCUT2D eigenvalue weighted by molar-refractivity contribution is 6.46. The third-order valence-corrected chi connectivity index (χ3v) is 7.43. The Bertz CT molecular complexity index is 1410. The molecule has 1 heterocycles. The molecule has 0 spiro atoms. The van der Waals surface area contributed by atoms with Crippen LogP contribution in [0.1, 0.15) is 44.4 Å². The summed E-state index contributed by atoms with van der Waals surface area (Å²) in [4.78, 5) is 30.7. The first-order valence-electron chi connectivity index (χ1n) is 13.8. The molecule has 8 nitrogen and oxygen atoms in total. The van der Waals surface area contributed by atoms with Crippen LogP contribution in [-0.4, -0.2) is 73.6 Å². The molecule has 1 amide bonds. The van der Waals surface area contributed by atoms with Gasteiger partial charge in [0, 0.05) is 12.1 Å². The highest BCUT2D eigenvalue weighted by atomic mass is 16.5. The lowest BCUT2D eigenvalue weighted by Crippen LogP contribution is -2.33. The van der Waals surface area contributed by atoms with Gasteiger partial charge in [-0.3, -0.25) is 9.59 Å². The summed E-state index contributed by atoms with van der Waals surface area (Å²) in [5, 5.41) is 13.4. The molecular weight excluding hydrogens is 508 g/mol. The molecule has 40 heavy (non-hydrogen) atoms. The number of hydrogen-bond acceptors (Lipinski definition) is 7. The summed E-state index contributed by atoms with van der Waals surface area (Å²) >= 11 is 0. The quantitative estimate of drug-likeness (QED) is 0.185. The van der Waals surface area contributed by atoms with Crippen LogP contribution in [0.3, 0.4) is 0 Å². The van der Waals surface area contributed by atoms with E-state index < -0.39 is 17.7 Å². The third kappa shape index (κ3) is 5.77. The Morgan fingerprint density at radius 1 is 0.900 bits per heavy atom. The number of hydrogen-bond donors (Lipinski definition) is 1. The van der Waals surface area contributed by atoms with Crippen LogP contribution in [0, 0.1) is 0 Å². The second kappa shape index (κ2) is 12.9. The number of carbonyl (C=O) groups is 2. The summed E-state index contributed by atoms with van der Waals surface area (Å²) in [5.74, 6) is 0.256. The fourth-order valence-corrected chi connectivity index (χ4v) is 5.24. The smallest absolute Gasteiger partial charge is 0.295 e. The second-order valence-corrected chi connectivity index (χ2v) is 9.64. The van der Waals surface area contributed by atoms with E-state index in [1.54, 1.807) is 37.3 Å². The zero-order valence-corrected chi connectivity index (χ0v) is 23.9. The van der Waals surface area contributed by atoms with E-state index in [0.717, 1.165) is 36.2 Å². The largest absolute Gasteiger partial charge is 0.507 e. The van der Waals surface area contributed by atoms with Gasteiger partial charge in [0.2, 0.25) is 0 Å². The molecule has 0 aliphatic carbocycles. The monoisotopic (exact) mass is 546 g/mol. The van der Waals surface area contributed by atoms with E-state index in [9.17, 15) is 14.7 Å². The van der Waals surface area contributed by atoms with Gasteiger partial charge < -0.3 is 29.1 Å². The van der Waals surface area contributed by atoms with Gasteiger partial charge in [0.15, 0.2) is 11.5 Å². The number of aliphatic hydroxyl groups is 1. The normalized spacial score (nSPS) is 16.6. The topological polar surface area (TPSA) is 88.5 Å². The standard InChI is InChI=1S/C32H38N2O6/c1-6-33(7-2)16-9-17-34-29(23-13-15-26(40-8-3)27(20-23)39-5)28(31(36)32(34)37)30(35)24-11-10-22-19-25(38-4)14-12-21(22)18-24/h10-15,18-20,29,35H,6-9,16-17H2,1-5H3/b30-28+. The molecule has 1 fully saturated rings. The maximum atomic E-state index is 13.5. The molecule has 0 aromatic heterocycles. The molecule has 0 saturated carbocycles. The zero-order chi connectivity index (χ0) is 28.8. The Balaban J connectivity index is 1.81. The molecule has 1 N–H and O–H groups in total. The van der Waals surface area contributed by atoms with Crippen molar-refractivity contribution in [3.8, 4) is 17.2 Å². The Hall–Kier alpha value is -4.04. The van der Waals surface area contributed by atoms with Gasteiger partial charge in [-0.1, -0.05) is 38.1 Å². The summed E-state index contributed by atoms with van der Waals surface area (Å²) < 4.78 is 16.6. The number of ether oxygens (including phenoxy) is 3. The Morgan fingerprint density at radius 3 is 2.30 bits per heavy atom. The molecule has 1 saturated heterocycles. The number of benzene rings is 3. The van der Waals surface area contributed by atoms with Crippen molar-refractivity contribution in [1.29, 1.82) is 0 Å². The van der Waals surface area contributed by atoms with E-state index in [0.29, 0.717) is 42.2 Å². The number of ketones is 1. The van der Waals surface area contributed by atoms with Crippen molar-refractivity contribution in [1.82, 2.24) is 9.80 Å². The molecule has 1 unspecified atom stereocenters. The molecule has 1 atom stereocenters. The molecule has 212 valence electrons. The number of likely N-dealkylation sites (tertiary alicyclic amines) is 1. The Labute approximate surface area is 235 Å². The fourth-order valence-electron chi connectivity index (χ4n) is 5.24. The van der Waals surface area contributed by atoms with Crippen molar-refractivity contribution < 1.29 is 28.9 Å². The maximum Gasteiger partial charge on any atom is 0.295 e. The van der Waals surface area contributed by atoms with Crippen molar-refractivity contribution in [3.05, 3.63) is 71.3 Å². The maximum absolute atomic E-state index is 13.5. The number of rotatable bonds is 12. The van der Waals surface area contributed by atoms with Gasteiger partial charge in [0.25, 0.3) is 11.7 Å². The fraction of sp³-hybridized carbons (Fsp3) is 0.375. The summed E-state index contributed by atoms with van der Waals surface area (Å²) in [6, 6.07) is 15.7. The lowest BCUT2D eigenvalue weighted by atomic mass is 9.94. The minimum Gasteiger partial charge on any atom is -0.507 e. The third-order valence-electron chi connectivity index (χ3n) is 7.43. The van der Waals surface area contributed by atoms with Gasteiger partial charge in [-0.15, -0.1) is 0 Å². The highest BCUT2D eigenvalue weighted by Crippen LogP contribution is 2.42. The van der Waals surface area contributed by atoms with Gasteiger partial charge in [-0.25, -0.2) is 0 Å². The first-order chi connectivity index (χ1) is 19.4. The summed E-state index contributed by atoms with van der Waals surface area (Å²) in [7, 11) is 3.16. The number of carbonyl (C=O) groups excluding carboxylic acids is 2. The molecule has 1 aliphatic rings. The number of amides is 1. The van der Waals surface area contributed by atoms with Crippen LogP contribution in [0.5, 0.6) is 17.2 Å². The van der Waals surface area contributed by atoms with Crippen molar-refractivity contribution in [2.75, 3.05) is 47.0 Å². The molecule has 0 radical (unpaired) electrons. The number of fused-ring (bicyclic) bond motifs is 1. The van der Waals surface area contributed by atoms with E-state index in [1.165, 1.54) is 0 Å². The average Bonchev–Trinajstić information content (AvgIpc) is 3.23. The molecule has 0 bridgehead atoms. The minimum absolute atomic E-state index is 0.0620. The number of nitrogens with zero attached hydrogens (tertiary/aromatic N) is 2. The number of methoxy groups -OCH3 is 2. The Kier molecular flexibility index (Phi) is 9.32. The summed E-state index contributed by atoms with van der Waals surface area (Å²) in [6.07, 6.45) is 0.692. The van der Waals surface area contributed by atoms with Crippen molar-refractivity contribution >= 4 is 28.2 Å². The molecule has 8 heteroatoms. The number of aliphatic hydroxyl groups excluding tert-OH is 1. The molecule has 3 aromatic carbocycles. The Morgan fingerprint density at radius 2 is 1.62 bits per heavy atom. The average molecular weight is 547 g/mol. The zero-order valence-electron chi connectivity index (χ0n) is 23.9. The van der Waals surface area contributed by atoms with E-state index in [1.807, 2.05) is 43.3 Å². The van der Waals surface area contributed by atoms with Crippen LogP contribution in [-0.2, 0) is 9.59 Å². The van der Waals surface area contributed by atoms with Gasteiger partial charge in [0.1, 0.15) is 11.5 Å². The number of Topliss-reactive ketones (excluding diaryl/α,β-unsaturated/α-hetero) is 1. The predicted molar refractivity (Wildman–Crippen MR) is 156 cm³/mol. The van der Waals surface area contributed by atoms with Gasteiger partial charge in [-0.2, -0.15) is 0 Å². The molecular formula is C32H38N2O6. The predicted octanol–water partition coefficient (Wildman–Crippen LogP) is 5.41. The molecule has 4 rings (SSSR count). The first-order valence-corrected chi connectivity index (χ1v) is 13.8. The lowest BCUT2D eigenvalue weighted by molar-refractivity contribution is -0.140. The van der Waals surface area contributed by atoms with Crippen molar-refractivity contribution in [2.24, 2.45) is 0 Å². The molecule has 3 aromatic rings. The van der Waals surface area contributed by atoms with Crippen LogP contribution < -0.4 is 14.2 Å². The van der Waals surface area contributed by atoms with Gasteiger partial charge in [0.05, 0.1) is 32.4 Å².